The van der Waals surface area contributed by atoms with Crippen LogP contribution in [0.1, 0.15) is 29.7 Å². The molecule has 35 heavy (non-hydrogen) atoms. The van der Waals surface area contributed by atoms with E-state index in [1.807, 2.05) is 68.4 Å². The second-order valence-corrected chi connectivity index (χ2v) is 10.1. The van der Waals surface area contributed by atoms with Crippen LogP contribution in [-0.2, 0) is 9.59 Å². The molecule has 0 bridgehead atoms. The van der Waals surface area contributed by atoms with E-state index in [9.17, 15) is 14.7 Å². The monoisotopic (exact) mass is 548 g/mol. The summed E-state index contributed by atoms with van der Waals surface area (Å²) >= 11 is 4.74. The Morgan fingerprint density at radius 1 is 1.09 bits per heavy atom. The first-order chi connectivity index (χ1) is 16.9. The predicted molar refractivity (Wildman–Crippen MR) is 141 cm³/mol. The van der Waals surface area contributed by atoms with Gasteiger partial charge in [-0.25, -0.2) is 4.98 Å². The zero-order valence-corrected chi connectivity index (χ0v) is 21.4. The molecule has 3 aromatic carbocycles. The highest BCUT2D eigenvalue weighted by molar-refractivity contribution is 9.10. The molecule has 5 rings (SSSR count). The number of aryl methyl sites for hydroxylation is 1. The number of carbonyl (C=O) groups excluding carboxylic acids is 2. The number of Topliss-reactive ketones (excluding diaryl/α,β-unsaturated/α-hetero) is 1. The molecule has 8 heteroatoms. The van der Waals surface area contributed by atoms with Crippen molar-refractivity contribution < 1.29 is 19.4 Å². The fraction of sp³-hybridized carbons (Fsp3) is 0.148. The number of anilines is 1. The van der Waals surface area contributed by atoms with Crippen molar-refractivity contribution in [2.45, 2.75) is 19.9 Å². The number of thiazole rings is 1. The van der Waals surface area contributed by atoms with E-state index >= 15 is 0 Å². The Kier molecular flexibility index (Phi) is 6.17. The number of fused-ring (bicyclic) bond motifs is 1. The number of aliphatic hydroxyl groups is 1. The Bertz CT molecular complexity index is 1480. The molecule has 4 aromatic rings. The lowest BCUT2D eigenvalue weighted by Crippen LogP contribution is -2.29. The van der Waals surface area contributed by atoms with Gasteiger partial charge in [0.2, 0.25) is 0 Å². The largest absolute Gasteiger partial charge is 0.507 e. The van der Waals surface area contributed by atoms with Gasteiger partial charge in [0.15, 0.2) is 5.13 Å². The second kappa shape index (κ2) is 9.28. The van der Waals surface area contributed by atoms with Crippen molar-refractivity contribution in [1.82, 2.24) is 4.98 Å². The van der Waals surface area contributed by atoms with E-state index in [-0.39, 0.29) is 11.3 Å². The lowest BCUT2D eigenvalue weighted by molar-refractivity contribution is -0.132. The number of benzene rings is 3. The van der Waals surface area contributed by atoms with Gasteiger partial charge in [-0.15, -0.1) is 0 Å². The molecule has 1 aliphatic rings. The number of rotatable bonds is 5. The maximum Gasteiger partial charge on any atom is 0.301 e. The molecule has 0 saturated carbocycles. The number of carbonyl (C=O) groups is 2. The molecule has 1 saturated heterocycles. The number of ether oxygens (including phenoxy) is 1. The van der Waals surface area contributed by atoms with Crippen LogP contribution in [0.4, 0.5) is 5.13 Å². The average Bonchev–Trinajstić information content (AvgIpc) is 3.38. The summed E-state index contributed by atoms with van der Waals surface area (Å²) in [6.45, 7) is 4.39. The summed E-state index contributed by atoms with van der Waals surface area (Å²) in [7, 11) is 0. The maximum atomic E-state index is 13.4. The minimum atomic E-state index is -0.823. The Labute approximate surface area is 214 Å². The molecule has 6 nitrogen and oxygen atoms in total. The summed E-state index contributed by atoms with van der Waals surface area (Å²) in [6, 6.07) is 19.2. The van der Waals surface area contributed by atoms with E-state index in [0.717, 1.165) is 14.7 Å². The third-order valence-corrected chi connectivity index (χ3v) is 7.37. The Morgan fingerprint density at radius 3 is 2.49 bits per heavy atom. The summed E-state index contributed by atoms with van der Waals surface area (Å²) in [5.41, 5.74) is 2.92. The molecule has 0 aliphatic carbocycles. The molecule has 2 heterocycles. The van der Waals surface area contributed by atoms with Crippen molar-refractivity contribution in [2.24, 2.45) is 0 Å². The van der Waals surface area contributed by atoms with Gasteiger partial charge in [0.05, 0.1) is 28.4 Å². The van der Waals surface area contributed by atoms with E-state index in [1.54, 1.807) is 12.1 Å². The maximum absolute atomic E-state index is 13.4. The van der Waals surface area contributed by atoms with Crippen LogP contribution in [-0.4, -0.2) is 28.4 Å². The summed E-state index contributed by atoms with van der Waals surface area (Å²) in [4.78, 5) is 32.7. The SMILES string of the molecule is CCOc1ccc2nc(N3C(=O)C(=O)C(=C(O)c4ccc(C)cc4)C3c3ccc(Br)cc3)sc2c1. The number of halogens is 1. The van der Waals surface area contributed by atoms with E-state index in [4.69, 9.17) is 4.74 Å². The van der Waals surface area contributed by atoms with Crippen molar-refractivity contribution in [1.29, 1.82) is 0 Å². The molecule has 1 amide bonds. The number of amides is 1. The van der Waals surface area contributed by atoms with Crippen molar-refractivity contribution in [3.63, 3.8) is 0 Å². The molecule has 1 unspecified atom stereocenters. The topological polar surface area (TPSA) is 79.7 Å². The standard InChI is InChI=1S/C27H21BrN2O4S/c1-3-34-19-12-13-20-21(14-19)35-27(29-20)30-23(16-8-10-18(28)11-9-16)22(25(32)26(30)33)24(31)17-6-4-15(2)5-7-17/h4-14,23,31H,3H2,1-2H3. The number of ketones is 1. The van der Waals surface area contributed by atoms with E-state index in [2.05, 4.69) is 20.9 Å². The van der Waals surface area contributed by atoms with Gasteiger partial charge in [-0.05, 0) is 49.7 Å². The molecule has 1 aromatic heterocycles. The molecule has 0 spiro atoms. The van der Waals surface area contributed by atoms with Crippen LogP contribution < -0.4 is 9.64 Å². The highest BCUT2D eigenvalue weighted by atomic mass is 79.9. The molecule has 176 valence electrons. The van der Waals surface area contributed by atoms with Gasteiger partial charge >= 0.3 is 5.91 Å². The van der Waals surface area contributed by atoms with Gasteiger partial charge in [-0.3, -0.25) is 14.5 Å². The Morgan fingerprint density at radius 2 is 1.80 bits per heavy atom. The van der Waals surface area contributed by atoms with Gasteiger partial charge in [0, 0.05) is 10.0 Å². The summed E-state index contributed by atoms with van der Waals surface area (Å²) in [5.74, 6) is -0.972. The summed E-state index contributed by atoms with van der Waals surface area (Å²) in [6.07, 6.45) is 0. The summed E-state index contributed by atoms with van der Waals surface area (Å²) < 4.78 is 7.29. The van der Waals surface area contributed by atoms with Gasteiger partial charge in [0.25, 0.3) is 5.78 Å². The van der Waals surface area contributed by atoms with Crippen LogP contribution >= 0.6 is 27.3 Å². The third kappa shape index (κ3) is 4.24. The number of hydrogen-bond donors (Lipinski definition) is 1. The van der Waals surface area contributed by atoms with Crippen molar-refractivity contribution in [3.8, 4) is 5.75 Å². The predicted octanol–water partition coefficient (Wildman–Crippen LogP) is 6.39. The van der Waals surface area contributed by atoms with E-state index in [1.165, 1.54) is 16.2 Å². The van der Waals surface area contributed by atoms with E-state index < -0.39 is 17.7 Å². The Hall–Kier alpha value is -3.49. The zero-order chi connectivity index (χ0) is 24.7. The first-order valence-corrected chi connectivity index (χ1v) is 12.6. The molecular weight excluding hydrogens is 528 g/mol. The van der Waals surface area contributed by atoms with Crippen LogP contribution in [0.2, 0.25) is 0 Å². The number of hydrogen-bond acceptors (Lipinski definition) is 6. The van der Waals surface area contributed by atoms with E-state index in [0.29, 0.717) is 34.1 Å². The van der Waals surface area contributed by atoms with Crippen molar-refractivity contribution >= 4 is 60.1 Å². The Balaban J connectivity index is 1.69. The lowest BCUT2D eigenvalue weighted by atomic mass is 9.95. The number of nitrogens with zero attached hydrogens (tertiary/aromatic N) is 2. The quantitative estimate of drug-likeness (QED) is 0.177. The molecule has 1 atom stereocenters. The fourth-order valence-electron chi connectivity index (χ4n) is 4.11. The minimum absolute atomic E-state index is 0.0374. The normalized spacial score (nSPS) is 17.3. The molecular formula is C27H21BrN2O4S. The van der Waals surface area contributed by atoms with Crippen LogP contribution in [0.5, 0.6) is 5.75 Å². The second-order valence-electron chi connectivity index (χ2n) is 8.15. The molecule has 1 aliphatic heterocycles. The number of aliphatic hydroxyl groups excluding tert-OH is 1. The van der Waals surface area contributed by atoms with Gasteiger partial charge in [-0.2, -0.15) is 0 Å². The molecule has 0 radical (unpaired) electrons. The fourth-order valence-corrected chi connectivity index (χ4v) is 5.39. The van der Waals surface area contributed by atoms with Crippen LogP contribution in [0, 0.1) is 6.92 Å². The average molecular weight is 549 g/mol. The third-order valence-electron chi connectivity index (χ3n) is 5.82. The lowest BCUT2D eigenvalue weighted by Gasteiger charge is -2.23. The smallest absolute Gasteiger partial charge is 0.301 e. The van der Waals surface area contributed by atoms with Crippen LogP contribution in [0.15, 0.2) is 76.8 Å². The van der Waals surface area contributed by atoms with Gasteiger partial charge < -0.3 is 9.84 Å². The molecule has 1 N–H and O–H groups in total. The van der Waals surface area contributed by atoms with Crippen molar-refractivity contribution in [2.75, 3.05) is 11.5 Å². The highest BCUT2D eigenvalue weighted by Gasteiger charge is 2.48. The minimum Gasteiger partial charge on any atom is -0.507 e. The highest BCUT2D eigenvalue weighted by Crippen LogP contribution is 2.44. The van der Waals surface area contributed by atoms with Crippen molar-refractivity contribution in [3.05, 3.63) is 93.5 Å². The first kappa shape index (κ1) is 23.3. The van der Waals surface area contributed by atoms with Gasteiger partial charge in [0.1, 0.15) is 11.5 Å². The first-order valence-electron chi connectivity index (χ1n) is 11.0. The van der Waals surface area contributed by atoms with Gasteiger partial charge in [-0.1, -0.05) is 69.2 Å². The van der Waals surface area contributed by atoms with Crippen LogP contribution in [0.3, 0.4) is 0 Å². The zero-order valence-electron chi connectivity index (χ0n) is 19.0. The molecule has 1 fully saturated rings. The van der Waals surface area contributed by atoms with Crippen LogP contribution in [0.25, 0.3) is 16.0 Å². The summed E-state index contributed by atoms with van der Waals surface area (Å²) in [5, 5.41) is 11.6. The number of aromatic nitrogens is 1.